The minimum Gasteiger partial charge on any atom is -0.332 e. The van der Waals surface area contributed by atoms with Crippen LogP contribution in [0.1, 0.15) is 35.3 Å². The topological polar surface area (TPSA) is 49.4 Å². The first-order valence-corrected chi connectivity index (χ1v) is 9.54. The lowest BCUT2D eigenvalue weighted by Crippen LogP contribution is -2.35. The van der Waals surface area contributed by atoms with E-state index < -0.39 is 0 Å². The molecule has 2 rings (SSSR count). The summed E-state index contributed by atoms with van der Waals surface area (Å²) in [6.07, 6.45) is 0. The van der Waals surface area contributed by atoms with E-state index in [2.05, 4.69) is 19.2 Å². The monoisotopic (exact) mass is 370 g/mol. The Kier molecular flexibility index (Phi) is 6.86. The van der Waals surface area contributed by atoms with Gasteiger partial charge >= 0.3 is 0 Å². The molecular weight excluding hydrogens is 344 g/mol. The molecule has 0 radical (unpaired) electrons. The molecule has 0 aliphatic rings. The third-order valence-electron chi connectivity index (χ3n) is 4.08. The van der Waals surface area contributed by atoms with E-state index in [4.69, 9.17) is 0 Å². The summed E-state index contributed by atoms with van der Waals surface area (Å²) in [5.74, 6) is -0.372. The summed E-state index contributed by atoms with van der Waals surface area (Å²) in [5.41, 5.74) is 3.52. The number of hydrogen-bond acceptors (Lipinski definition) is 3. The van der Waals surface area contributed by atoms with E-state index in [9.17, 15) is 9.59 Å². The van der Waals surface area contributed by atoms with Crippen molar-refractivity contribution in [1.82, 2.24) is 4.90 Å². The molecule has 2 aromatic rings. The summed E-state index contributed by atoms with van der Waals surface area (Å²) in [6.45, 7) is 8.24. The average molecular weight is 371 g/mol. The number of carbonyl (C=O) groups excluding carboxylic acids is 2. The number of nitrogens with one attached hydrogen (secondary N) is 1. The highest BCUT2D eigenvalue weighted by Crippen LogP contribution is 2.23. The Labute approximate surface area is 160 Å². The highest BCUT2D eigenvalue weighted by Gasteiger charge is 2.16. The molecule has 0 aromatic heterocycles. The Hall–Kier alpha value is -2.27. The third-order valence-corrected chi connectivity index (χ3v) is 5.09. The molecule has 0 aliphatic carbocycles. The maximum atomic E-state index is 12.5. The van der Waals surface area contributed by atoms with Crippen molar-refractivity contribution in [2.24, 2.45) is 0 Å². The van der Waals surface area contributed by atoms with Crippen LogP contribution in [0.3, 0.4) is 0 Å². The van der Waals surface area contributed by atoms with Crippen LogP contribution >= 0.6 is 11.8 Å². The van der Waals surface area contributed by atoms with E-state index in [1.807, 2.05) is 56.3 Å². The molecule has 0 aliphatic heterocycles. The van der Waals surface area contributed by atoms with E-state index in [1.54, 1.807) is 18.8 Å². The van der Waals surface area contributed by atoms with Crippen LogP contribution in [0.4, 0.5) is 5.69 Å². The molecule has 2 amide bonds. The van der Waals surface area contributed by atoms with Crippen molar-refractivity contribution in [2.75, 3.05) is 18.9 Å². The van der Waals surface area contributed by atoms with E-state index in [-0.39, 0.29) is 18.4 Å². The van der Waals surface area contributed by atoms with Gasteiger partial charge in [-0.25, -0.2) is 0 Å². The number of thioether (sulfide) groups is 1. The molecule has 2 aromatic carbocycles. The number of anilines is 1. The minimum absolute atomic E-state index is 0.00864. The number of benzene rings is 2. The number of carbonyl (C=O) groups is 2. The van der Waals surface area contributed by atoms with Crippen LogP contribution in [0.15, 0.2) is 47.4 Å². The zero-order chi connectivity index (χ0) is 19.3. The largest absolute Gasteiger partial charge is 0.332 e. The highest BCUT2D eigenvalue weighted by atomic mass is 32.2. The number of rotatable bonds is 6. The molecule has 0 saturated carbocycles. The van der Waals surface area contributed by atoms with Gasteiger partial charge in [-0.15, -0.1) is 11.8 Å². The minimum atomic E-state index is -0.207. The van der Waals surface area contributed by atoms with E-state index in [1.165, 1.54) is 4.90 Å². The second-order valence-corrected chi connectivity index (χ2v) is 8.30. The number of aryl methyl sites for hydroxylation is 1. The van der Waals surface area contributed by atoms with Crippen molar-refractivity contribution in [3.05, 3.63) is 59.2 Å². The summed E-state index contributed by atoms with van der Waals surface area (Å²) >= 11 is 1.75. The number of likely N-dealkylation sites (N-methyl/N-ethyl adjacent to an activating group) is 1. The van der Waals surface area contributed by atoms with E-state index in [0.717, 1.165) is 21.7 Å². The van der Waals surface area contributed by atoms with E-state index in [0.29, 0.717) is 10.8 Å². The Bertz CT molecular complexity index is 785. The summed E-state index contributed by atoms with van der Waals surface area (Å²) in [6, 6.07) is 13.3. The molecular formula is C21H26N2O2S. The molecule has 0 heterocycles. The Morgan fingerprint density at radius 3 is 2.35 bits per heavy atom. The van der Waals surface area contributed by atoms with Crippen LogP contribution in [0.25, 0.3) is 0 Å². The third kappa shape index (κ3) is 5.36. The molecule has 26 heavy (non-hydrogen) atoms. The van der Waals surface area contributed by atoms with Crippen molar-refractivity contribution in [1.29, 1.82) is 0 Å². The van der Waals surface area contributed by atoms with Crippen molar-refractivity contribution >= 4 is 29.3 Å². The predicted molar refractivity (Wildman–Crippen MR) is 109 cm³/mol. The van der Waals surface area contributed by atoms with Crippen molar-refractivity contribution in [3.63, 3.8) is 0 Å². The molecule has 0 bridgehead atoms. The van der Waals surface area contributed by atoms with Crippen LogP contribution < -0.4 is 5.32 Å². The van der Waals surface area contributed by atoms with Gasteiger partial charge in [0.15, 0.2) is 0 Å². The number of amides is 2. The molecule has 0 fully saturated rings. The fourth-order valence-corrected chi connectivity index (χ4v) is 3.37. The second kappa shape index (κ2) is 8.90. The van der Waals surface area contributed by atoms with Crippen LogP contribution in [0, 0.1) is 13.8 Å². The SMILES string of the molecule is Cc1cccc(NC(=O)CN(C)C(=O)c2ccc(SC(C)C)cc2)c1C. The van der Waals surface area contributed by atoms with Crippen molar-refractivity contribution < 1.29 is 9.59 Å². The Balaban J connectivity index is 1.97. The Morgan fingerprint density at radius 1 is 1.08 bits per heavy atom. The first-order chi connectivity index (χ1) is 12.3. The lowest BCUT2D eigenvalue weighted by atomic mass is 10.1. The maximum absolute atomic E-state index is 12.5. The predicted octanol–water partition coefficient (Wildman–Crippen LogP) is 4.51. The van der Waals surface area contributed by atoms with Crippen molar-refractivity contribution in [3.8, 4) is 0 Å². The standard InChI is InChI=1S/C21H26N2O2S/c1-14(2)26-18-11-9-17(10-12-18)21(25)23(5)13-20(24)22-19-8-6-7-15(3)16(19)4/h6-12,14H,13H2,1-5H3,(H,22,24). The zero-order valence-corrected chi connectivity index (χ0v) is 16.8. The normalized spacial score (nSPS) is 10.7. The molecule has 5 heteroatoms. The molecule has 0 spiro atoms. The zero-order valence-electron chi connectivity index (χ0n) is 16.0. The summed E-state index contributed by atoms with van der Waals surface area (Å²) in [7, 11) is 1.64. The van der Waals surface area contributed by atoms with Gasteiger partial charge in [0.2, 0.25) is 5.91 Å². The average Bonchev–Trinajstić information content (AvgIpc) is 2.58. The fraction of sp³-hybridized carbons (Fsp3) is 0.333. The van der Waals surface area contributed by atoms with Crippen LogP contribution in [0.2, 0.25) is 0 Å². The summed E-state index contributed by atoms with van der Waals surface area (Å²) < 4.78 is 0. The maximum Gasteiger partial charge on any atom is 0.254 e. The van der Waals surface area contributed by atoms with Gasteiger partial charge in [-0.2, -0.15) is 0 Å². The first kappa shape index (κ1) is 20.0. The summed E-state index contributed by atoms with van der Waals surface area (Å²) in [4.78, 5) is 27.4. The lowest BCUT2D eigenvalue weighted by molar-refractivity contribution is -0.116. The number of nitrogens with zero attached hydrogens (tertiary/aromatic N) is 1. The Morgan fingerprint density at radius 2 is 1.73 bits per heavy atom. The quantitative estimate of drug-likeness (QED) is 0.761. The molecule has 0 saturated heterocycles. The van der Waals surface area contributed by atoms with Gasteiger partial charge in [-0.3, -0.25) is 9.59 Å². The van der Waals surface area contributed by atoms with Crippen molar-refractivity contribution in [2.45, 2.75) is 37.8 Å². The van der Waals surface area contributed by atoms with Gasteiger partial charge in [0.05, 0.1) is 6.54 Å². The summed E-state index contributed by atoms with van der Waals surface area (Å²) in [5, 5.41) is 3.38. The molecule has 1 N–H and O–H groups in total. The molecule has 0 atom stereocenters. The molecule has 4 nitrogen and oxygen atoms in total. The lowest BCUT2D eigenvalue weighted by Gasteiger charge is -2.18. The van der Waals surface area contributed by atoms with E-state index >= 15 is 0 Å². The first-order valence-electron chi connectivity index (χ1n) is 8.66. The number of hydrogen-bond donors (Lipinski definition) is 1. The molecule has 138 valence electrons. The fourth-order valence-electron chi connectivity index (χ4n) is 2.53. The van der Waals surface area contributed by atoms with Gasteiger partial charge in [0.25, 0.3) is 5.91 Å². The highest BCUT2D eigenvalue weighted by molar-refractivity contribution is 7.99. The van der Waals surface area contributed by atoms with Crippen LogP contribution in [-0.4, -0.2) is 35.6 Å². The second-order valence-electron chi connectivity index (χ2n) is 6.65. The van der Waals surface area contributed by atoms with Gasteiger partial charge < -0.3 is 10.2 Å². The van der Waals surface area contributed by atoms with Gasteiger partial charge in [0.1, 0.15) is 0 Å². The van der Waals surface area contributed by atoms with Crippen LogP contribution in [-0.2, 0) is 4.79 Å². The van der Waals surface area contributed by atoms with Gasteiger partial charge in [0, 0.05) is 28.4 Å². The molecule has 0 unspecified atom stereocenters. The van der Waals surface area contributed by atoms with Gasteiger partial charge in [-0.05, 0) is 55.3 Å². The van der Waals surface area contributed by atoms with Crippen LogP contribution in [0.5, 0.6) is 0 Å². The smallest absolute Gasteiger partial charge is 0.254 e. The van der Waals surface area contributed by atoms with Gasteiger partial charge in [-0.1, -0.05) is 26.0 Å².